The number of halogens is 4. The first kappa shape index (κ1) is 29.3. The largest absolute Gasteiger partial charge is 0.114 e. The van der Waals surface area contributed by atoms with Crippen molar-refractivity contribution in [3.63, 3.8) is 0 Å². The predicted octanol–water partition coefficient (Wildman–Crippen LogP) is 4.80. The van der Waals surface area contributed by atoms with Crippen molar-refractivity contribution in [3.8, 4) is 0 Å². The second kappa shape index (κ2) is 29.7. The maximum Gasteiger partial charge on any atom is -0.0623 e. The first-order valence-corrected chi connectivity index (χ1v) is 2.50. The molecule has 0 radical (unpaired) electrons. The minimum absolute atomic E-state index is 0. The van der Waals surface area contributed by atoms with Crippen LogP contribution in [0.15, 0.2) is 49.6 Å². The smallest absolute Gasteiger partial charge is 0.0623 e. The van der Waals surface area contributed by atoms with Crippen LogP contribution in [0.1, 0.15) is 0 Å². The molecule has 0 saturated heterocycles. The molecule has 0 aliphatic carbocycles. The highest BCUT2D eigenvalue weighted by molar-refractivity contribution is 8.93. The third kappa shape index (κ3) is 22.4. The molecule has 0 heterocycles. The molecule has 0 aliphatic heterocycles. The van der Waals surface area contributed by atoms with Gasteiger partial charge in [-0.25, -0.2) is 0 Å². The number of rotatable bonds is 0. The summed E-state index contributed by atoms with van der Waals surface area (Å²) >= 11 is 0. The molecule has 1 aromatic carbocycles. The molecule has 0 nitrogen and oxygen atoms in total. The van der Waals surface area contributed by atoms with Gasteiger partial charge in [0.25, 0.3) is 0 Å². The molecule has 0 N–H and O–H groups in total. The van der Waals surface area contributed by atoms with Crippen molar-refractivity contribution in [2.45, 2.75) is 0 Å². The van der Waals surface area contributed by atoms with Crippen molar-refractivity contribution in [1.29, 1.82) is 0 Å². The standard InChI is InChI=1S/C6H6.C2H4.4BrH/c1-2-4-6-5-3-1;1-2;;;;/h1-6H;1-2H2;4*1H. The van der Waals surface area contributed by atoms with Crippen LogP contribution in [0.4, 0.5) is 0 Å². The van der Waals surface area contributed by atoms with E-state index in [2.05, 4.69) is 13.2 Å². The average molecular weight is 430 g/mol. The van der Waals surface area contributed by atoms with Gasteiger partial charge in [-0.15, -0.1) is 81.1 Å². The third-order valence-corrected chi connectivity index (χ3v) is 0.667. The van der Waals surface area contributed by atoms with Gasteiger partial charge in [0.1, 0.15) is 0 Å². The molecule has 0 aliphatic rings. The Labute approximate surface area is 117 Å². The molecule has 1 aromatic rings. The van der Waals surface area contributed by atoms with Gasteiger partial charge < -0.3 is 0 Å². The van der Waals surface area contributed by atoms with Crippen LogP contribution < -0.4 is 0 Å². The van der Waals surface area contributed by atoms with Gasteiger partial charge in [-0.05, 0) is 0 Å². The van der Waals surface area contributed by atoms with Gasteiger partial charge in [-0.1, -0.05) is 36.4 Å². The zero-order valence-electron chi connectivity index (χ0n) is 6.51. The lowest BCUT2D eigenvalue weighted by Crippen LogP contribution is -1.47. The summed E-state index contributed by atoms with van der Waals surface area (Å²) in [6.07, 6.45) is 0. The molecule has 0 unspecified atom stereocenters. The highest BCUT2D eigenvalue weighted by Crippen LogP contribution is 1.79. The fourth-order valence-corrected chi connectivity index (χ4v) is 0.385. The van der Waals surface area contributed by atoms with E-state index in [0.29, 0.717) is 0 Å². The zero-order valence-corrected chi connectivity index (χ0v) is 13.4. The van der Waals surface area contributed by atoms with Gasteiger partial charge in [0.05, 0.1) is 0 Å². The second-order valence-electron chi connectivity index (χ2n) is 1.15. The molecule has 0 atom stereocenters. The average Bonchev–Trinajstić information content (AvgIpc) is 1.96. The lowest BCUT2D eigenvalue weighted by Gasteiger charge is -1.69. The highest BCUT2D eigenvalue weighted by Gasteiger charge is 1.57. The summed E-state index contributed by atoms with van der Waals surface area (Å²) in [5, 5.41) is 0. The summed E-state index contributed by atoms with van der Waals surface area (Å²) in [5.41, 5.74) is 0. The van der Waals surface area contributed by atoms with Gasteiger partial charge in [-0.3, -0.25) is 0 Å². The van der Waals surface area contributed by atoms with Crippen LogP contribution in [0.2, 0.25) is 0 Å². The summed E-state index contributed by atoms with van der Waals surface area (Å²) in [4.78, 5) is 0. The fourth-order valence-electron chi connectivity index (χ4n) is 0.385. The van der Waals surface area contributed by atoms with Crippen LogP contribution in [0, 0.1) is 0 Å². The summed E-state index contributed by atoms with van der Waals surface area (Å²) < 4.78 is 0. The first-order chi connectivity index (χ1) is 4.00. The van der Waals surface area contributed by atoms with E-state index in [1.54, 1.807) is 0 Å². The molecule has 0 aromatic heterocycles. The molecule has 1 rings (SSSR count). The van der Waals surface area contributed by atoms with E-state index in [1.165, 1.54) is 0 Å². The van der Waals surface area contributed by atoms with E-state index < -0.39 is 0 Å². The van der Waals surface area contributed by atoms with Crippen LogP contribution in [0.5, 0.6) is 0 Å². The first-order valence-electron chi connectivity index (χ1n) is 2.50. The zero-order chi connectivity index (χ0) is 6.24. The Hall–Kier alpha value is 0.880. The van der Waals surface area contributed by atoms with E-state index in [1.807, 2.05) is 36.4 Å². The highest BCUT2D eigenvalue weighted by atomic mass is 79.9. The van der Waals surface area contributed by atoms with Crippen molar-refractivity contribution >= 4 is 67.9 Å². The van der Waals surface area contributed by atoms with Crippen LogP contribution in [-0.2, 0) is 0 Å². The monoisotopic (exact) mass is 426 g/mol. The lowest BCUT2D eigenvalue weighted by molar-refractivity contribution is 1.72. The number of benzene rings is 1. The molecule has 0 saturated carbocycles. The van der Waals surface area contributed by atoms with Crippen LogP contribution in [0.3, 0.4) is 0 Å². The van der Waals surface area contributed by atoms with E-state index in [9.17, 15) is 0 Å². The molecule has 0 bridgehead atoms. The quantitative estimate of drug-likeness (QED) is 0.520. The van der Waals surface area contributed by atoms with Crippen molar-refractivity contribution in [1.82, 2.24) is 0 Å². The molecular formula is C8H14Br4. The third-order valence-electron chi connectivity index (χ3n) is 0.667. The van der Waals surface area contributed by atoms with E-state index >= 15 is 0 Å². The van der Waals surface area contributed by atoms with Crippen molar-refractivity contribution in [2.24, 2.45) is 0 Å². The Morgan fingerprint density at radius 2 is 0.500 bits per heavy atom. The van der Waals surface area contributed by atoms with Gasteiger partial charge >= 0.3 is 0 Å². The predicted molar refractivity (Wildman–Crippen MR) is 79.0 cm³/mol. The number of hydrogen-bond donors (Lipinski definition) is 0. The molecule has 0 spiro atoms. The molecule has 74 valence electrons. The van der Waals surface area contributed by atoms with Crippen molar-refractivity contribution in [3.05, 3.63) is 49.6 Å². The molecule has 12 heavy (non-hydrogen) atoms. The molecule has 0 fully saturated rings. The normalized spacial score (nSPS) is 4.33. The molecule has 0 amide bonds. The lowest BCUT2D eigenvalue weighted by atomic mass is 10.4. The van der Waals surface area contributed by atoms with E-state index in [-0.39, 0.29) is 67.9 Å². The fraction of sp³-hybridized carbons (Fsp3) is 0. The van der Waals surface area contributed by atoms with Gasteiger partial charge in [0, 0.05) is 0 Å². The summed E-state index contributed by atoms with van der Waals surface area (Å²) in [7, 11) is 0. The van der Waals surface area contributed by atoms with Crippen LogP contribution in [0.25, 0.3) is 0 Å². The number of hydrogen-bond acceptors (Lipinski definition) is 0. The van der Waals surface area contributed by atoms with Gasteiger partial charge in [-0.2, -0.15) is 0 Å². The second-order valence-corrected chi connectivity index (χ2v) is 1.15. The van der Waals surface area contributed by atoms with Crippen LogP contribution in [-0.4, -0.2) is 0 Å². The molecular weight excluding hydrogens is 416 g/mol. The minimum Gasteiger partial charge on any atom is -0.114 e. The molecule has 4 heteroatoms. The summed E-state index contributed by atoms with van der Waals surface area (Å²) in [6.45, 7) is 6.00. The van der Waals surface area contributed by atoms with Gasteiger partial charge in [0.15, 0.2) is 0 Å². The topological polar surface area (TPSA) is 0 Å². The maximum atomic E-state index is 3.00. The summed E-state index contributed by atoms with van der Waals surface area (Å²) in [6, 6.07) is 12.0. The Morgan fingerprint density at radius 3 is 0.583 bits per heavy atom. The maximum absolute atomic E-state index is 3.00. The van der Waals surface area contributed by atoms with E-state index in [0.717, 1.165) is 0 Å². The summed E-state index contributed by atoms with van der Waals surface area (Å²) in [5.74, 6) is 0. The Bertz CT molecular complexity index is 93.9. The van der Waals surface area contributed by atoms with E-state index in [4.69, 9.17) is 0 Å². The SMILES string of the molecule is Br.Br.Br.Br.C=C.c1ccccc1. The Balaban J connectivity index is -0.0000000257. The van der Waals surface area contributed by atoms with Gasteiger partial charge in [0.2, 0.25) is 0 Å². The van der Waals surface area contributed by atoms with Crippen molar-refractivity contribution in [2.75, 3.05) is 0 Å². The van der Waals surface area contributed by atoms with Crippen molar-refractivity contribution < 1.29 is 0 Å². The Kier molecular flexibility index (Phi) is 72.5. The Morgan fingerprint density at radius 1 is 0.417 bits per heavy atom. The van der Waals surface area contributed by atoms with Crippen LogP contribution >= 0.6 is 67.9 Å². The minimum atomic E-state index is 0.